The molecule has 0 aromatic carbocycles. The lowest BCUT2D eigenvalue weighted by Crippen LogP contribution is -2.40. The summed E-state index contributed by atoms with van der Waals surface area (Å²) in [4.78, 5) is 2.69. The maximum Gasteiger partial charge on any atom is 0.0431 e. The minimum atomic E-state index is 0.349. The van der Waals surface area contributed by atoms with Gasteiger partial charge in [0, 0.05) is 19.2 Å². The van der Waals surface area contributed by atoms with E-state index in [1.807, 2.05) is 0 Å². The summed E-state index contributed by atoms with van der Waals surface area (Å²) in [6, 6.07) is 0.736. The van der Waals surface area contributed by atoms with Crippen molar-refractivity contribution in [2.45, 2.75) is 57.4 Å². The van der Waals surface area contributed by atoms with Crippen molar-refractivity contribution in [2.75, 3.05) is 25.4 Å². The van der Waals surface area contributed by atoms with Gasteiger partial charge < -0.3 is 5.11 Å². The Morgan fingerprint density at radius 1 is 1.24 bits per heavy atom. The Morgan fingerprint density at radius 3 is 2.65 bits per heavy atom. The van der Waals surface area contributed by atoms with Gasteiger partial charge in [-0.15, -0.1) is 0 Å². The van der Waals surface area contributed by atoms with Gasteiger partial charge in [-0.05, 0) is 56.2 Å². The van der Waals surface area contributed by atoms with E-state index >= 15 is 0 Å². The van der Waals surface area contributed by atoms with Crippen LogP contribution in [0.15, 0.2) is 0 Å². The number of hydrogen-bond donors (Lipinski definition) is 2. The summed E-state index contributed by atoms with van der Waals surface area (Å²) in [7, 11) is 0. The third-order valence-electron chi connectivity index (χ3n) is 4.73. The van der Waals surface area contributed by atoms with Crippen molar-refractivity contribution in [2.24, 2.45) is 5.41 Å². The lowest BCUT2D eigenvalue weighted by atomic mass is 9.87. The quantitative estimate of drug-likeness (QED) is 0.715. The lowest BCUT2D eigenvalue weighted by molar-refractivity contribution is 0.147. The smallest absolute Gasteiger partial charge is 0.0431 e. The van der Waals surface area contributed by atoms with Crippen LogP contribution >= 0.6 is 12.6 Å². The first kappa shape index (κ1) is 13.7. The van der Waals surface area contributed by atoms with Gasteiger partial charge in [-0.2, -0.15) is 12.6 Å². The average Bonchev–Trinajstić information content (AvgIpc) is 2.97. The molecule has 1 aliphatic carbocycles. The van der Waals surface area contributed by atoms with Crippen molar-refractivity contribution < 1.29 is 5.11 Å². The van der Waals surface area contributed by atoms with Crippen LogP contribution < -0.4 is 0 Å². The van der Waals surface area contributed by atoms with Gasteiger partial charge in [0.25, 0.3) is 0 Å². The fraction of sp³-hybridized carbons (Fsp3) is 1.00. The Labute approximate surface area is 111 Å². The van der Waals surface area contributed by atoms with Crippen LogP contribution in [0.3, 0.4) is 0 Å². The third kappa shape index (κ3) is 3.39. The Balaban J connectivity index is 1.87. The number of thiol groups is 1. The number of hydrogen-bond acceptors (Lipinski definition) is 3. The first-order valence-electron chi connectivity index (χ1n) is 7.25. The van der Waals surface area contributed by atoms with E-state index in [9.17, 15) is 0 Å². The third-order valence-corrected chi connectivity index (χ3v) is 5.40. The molecule has 1 N–H and O–H groups in total. The highest BCUT2D eigenvalue weighted by molar-refractivity contribution is 7.80. The van der Waals surface area contributed by atoms with E-state index < -0.39 is 0 Å². The van der Waals surface area contributed by atoms with Crippen LogP contribution in [0.25, 0.3) is 0 Å². The topological polar surface area (TPSA) is 23.5 Å². The summed E-state index contributed by atoms with van der Waals surface area (Å²) in [6.45, 7) is 2.88. The van der Waals surface area contributed by atoms with Crippen LogP contribution in [0.2, 0.25) is 0 Å². The van der Waals surface area contributed by atoms with Gasteiger partial charge in [0.05, 0.1) is 0 Å². The molecular formula is C14H27NOS. The molecule has 0 aromatic rings. The SMILES string of the molecule is OCCCC1CCCN1CC1(CS)CCCC1. The largest absolute Gasteiger partial charge is 0.396 e. The molecule has 17 heavy (non-hydrogen) atoms. The van der Waals surface area contributed by atoms with E-state index in [4.69, 9.17) is 5.11 Å². The molecule has 0 aromatic heterocycles. The van der Waals surface area contributed by atoms with Crippen molar-refractivity contribution in [3.63, 3.8) is 0 Å². The second kappa shape index (κ2) is 6.44. The number of rotatable bonds is 6. The van der Waals surface area contributed by atoms with Crippen molar-refractivity contribution in [3.05, 3.63) is 0 Å². The van der Waals surface area contributed by atoms with Crippen LogP contribution in [-0.4, -0.2) is 41.5 Å². The highest BCUT2D eigenvalue weighted by atomic mass is 32.1. The first-order valence-corrected chi connectivity index (χ1v) is 7.89. The maximum absolute atomic E-state index is 8.96. The molecule has 1 heterocycles. The zero-order valence-electron chi connectivity index (χ0n) is 10.9. The second-order valence-electron chi connectivity index (χ2n) is 6.00. The molecule has 1 aliphatic heterocycles. The van der Waals surface area contributed by atoms with E-state index in [1.54, 1.807) is 0 Å². The molecule has 1 saturated heterocycles. The molecule has 1 saturated carbocycles. The maximum atomic E-state index is 8.96. The number of nitrogens with zero attached hydrogens (tertiary/aromatic N) is 1. The van der Waals surface area contributed by atoms with Crippen LogP contribution in [-0.2, 0) is 0 Å². The molecule has 2 nitrogen and oxygen atoms in total. The molecule has 2 fully saturated rings. The van der Waals surface area contributed by atoms with Crippen molar-refractivity contribution >= 4 is 12.6 Å². The van der Waals surface area contributed by atoms with Crippen LogP contribution in [0.4, 0.5) is 0 Å². The summed E-state index contributed by atoms with van der Waals surface area (Å²) in [6.07, 6.45) is 10.4. The Morgan fingerprint density at radius 2 is 2.00 bits per heavy atom. The van der Waals surface area contributed by atoms with Gasteiger partial charge >= 0.3 is 0 Å². The molecule has 3 heteroatoms. The molecule has 2 rings (SSSR count). The van der Waals surface area contributed by atoms with Crippen LogP contribution in [0, 0.1) is 5.41 Å². The zero-order valence-corrected chi connectivity index (χ0v) is 11.8. The second-order valence-corrected chi connectivity index (χ2v) is 6.31. The predicted octanol–water partition coefficient (Wildman–Crippen LogP) is 2.71. The Bertz CT molecular complexity index is 228. The molecule has 1 unspecified atom stereocenters. The Hall–Kier alpha value is 0.270. The highest BCUT2D eigenvalue weighted by Gasteiger charge is 2.37. The highest BCUT2D eigenvalue weighted by Crippen LogP contribution is 2.41. The minimum Gasteiger partial charge on any atom is -0.396 e. The molecule has 0 bridgehead atoms. The van der Waals surface area contributed by atoms with E-state index in [-0.39, 0.29) is 0 Å². The summed E-state index contributed by atoms with van der Waals surface area (Å²) in [5.74, 6) is 1.05. The summed E-state index contributed by atoms with van der Waals surface area (Å²) < 4.78 is 0. The van der Waals surface area contributed by atoms with E-state index in [0.29, 0.717) is 12.0 Å². The Kier molecular flexibility index (Phi) is 5.19. The molecule has 100 valence electrons. The summed E-state index contributed by atoms with van der Waals surface area (Å²) in [5.41, 5.74) is 0.505. The van der Waals surface area contributed by atoms with E-state index in [2.05, 4.69) is 17.5 Å². The van der Waals surface area contributed by atoms with Crippen molar-refractivity contribution in [1.82, 2.24) is 4.90 Å². The van der Waals surface area contributed by atoms with Crippen LogP contribution in [0.1, 0.15) is 51.4 Å². The number of aliphatic hydroxyl groups is 1. The fourth-order valence-electron chi connectivity index (χ4n) is 3.68. The normalized spacial score (nSPS) is 28.9. The van der Waals surface area contributed by atoms with Gasteiger partial charge in [0.15, 0.2) is 0 Å². The molecule has 1 atom stereocenters. The average molecular weight is 257 g/mol. The van der Waals surface area contributed by atoms with E-state index in [0.717, 1.165) is 18.2 Å². The minimum absolute atomic E-state index is 0.349. The molecular weight excluding hydrogens is 230 g/mol. The van der Waals surface area contributed by atoms with E-state index in [1.165, 1.54) is 58.0 Å². The number of likely N-dealkylation sites (tertiary alicyclic amines) is 1. The monoisotopic (exact) mass is 257 g/mol. The lowest BCUT2D eigenvalue weighted by Gasteiger charge is -2.35. The first-order chi connectivity index (χ1) is 8.29. The van der Waals surface area contributed by atoms with Gasteiger partial charge in [-0.3, -0.25) is 4.90 Å². The molecule has 0 radical (unpaired) electrons. The van der Waals surface area contributed by atoms with Gasteiger partial charge in [-0.1, -0.05) is 12.8 Å². The standard InChI is InChI=1S/C14H27NOS/c16-10-4-6-13-5-3-9-15(13)11-14(12-17)7-1-2-8-14/h13,16-17H,1-12H2. The van der Waals surface area contributed by atoms with Crippen molar-refractivity contribution in [3.8, 4) is 0 Å². The van der Waals surface area contributed by atoms with Crippen LogP contribution in [0.5, 0.6) is 0 Å². The zero-order chi connectivity index (χ0) is 12.1. The van der Waals surface area contributed by atoms with Gasteiger partial charge in [-0.25, -0.2) is 0 Å². The predicted molar refractivity (Wildman–Crippen MR) is 75.7 cm³/mol. The molecule has 0 spiro atoms. The fourth-order valence-corrected chi connectivity index (χ4v) is 4.10. The summed E-state index contributed by atoms with van der Waals surface area (Å²) >= 11 is 4.61. The molecule has 2 aliphatic rings. The molecule has 0 amide bonds. The van der Waals surface area contributed by atoms with Gasteiger partial charge in [0.1, 0.15) is 0 Å². The van der Waals surface area contributed by atoms with Crippen molar-refractivity contribution in [1.29, 1.82) is 0 Å². The van der Waals surface area contributed by atoms with Gasteiger partial charge in [0.2, 0.25) is 0 Å². The summed E-state index contributed by atoms with van der Waals surface area (Å²) in [5, 5.41) is 8.96. The number of aliphatic hydroxyl groups excluding tert-OH is 1.